The Morgan fingerprint density at radius 3 is 2.06 bits per heavy atom. The first-order valence-electron chi connectivity index (χ1n) is 9.15. The number of aliphatic hydroxyl groups excluding tert-OH is 1. The molecule has 2 atom stereocenters. The van der Waals surface area contributed by atoms with Crippen LogP contribution in [0.25, 0.3) is 0 Å². The molecular formula is C19H20F6N2O6. The standard InChI is InChI=1S/C15H18N2O2.2C2HF3O2/c18-15-5-7-17(11-13-4-2-8-19-13)14(15)9-12-3-1-6-16-10-12;2*3-2(4,5)1(6)7/h1-4,6,8,10,14-15,18H,5,7,9,11H2;2*(H,6,7)/t14-,15+;;/m0../s1. The summed E-state index contributed by atoms with van der Waals surface area (Å²) in [6, 6.07) is 8.02. The molecule has 2 aromatic heterocycles. The molecule has 0 bridgehead atoms. The first kappa shape index (κ1) is 27.9. The third-order valence-corrected chi connectivity index (χ3v) is 4.22. The van der Waals surface area contributed by atoms with Crippen molar-refractivity contribution in [3.05, 3.63) is 54.2 Å². The molecule has 8 nitrogen and oxygen atoms in total. The van der Waals surface area contributed by atoms with Gasteiger partial charge in [0.1, 0.15) is 5.76 Å². The zero-order chi connectivity index (χ0) is 25.2. The number of carbonyl (C=O) groups is 2. The minimum Gasteiger partial charge on any atom is -0.475 e. The van der Waals surface area contributed by atoms with E-state index in [1.54, 1.807) is 12.5 Å². The zero-order valence-corrected chi connectivity index (χ0v) is 16.8. The van der Waals surface area contributed by atoms with E-state index in [1.165, 1.54) is 0 Å². The fraction of sp³-hybridized carbons (Fsp3) is 0.421. The Kier molecular flexibility index (Phi) is 10.3. The highest BCUT2D eigenvalue weighted by Crippen LogP contribution is 2.24. The molecule has 0 amide bonds. The number of carboxylic acid groups (broad SMARTS) is 2. The molecule has 14 heteroatoms. The third-order valence-electron chi connectivity index (χ3n) is 4.22. The van der Waals surface area contributed by atoms with Gasteiger partial charge in [0.05, 0.1) is 18.9 Å². The lowest BCUT2D eigenvalue weighted by Gasteiger charge is -2.25. The van der Waals surface area contributed by atoms with Gasteiger partial charge in [-0.3, -0.25) is 9.88 Å². The summed E-state index contributed by atoms with van der Waals surface area (Å²) in [6.45, 7) is 1.67. The van der Waals surface area contributed by atoms with Crippen molar-refractivity contribution < 1.29 is 55.7 Å². The highest BCUT2D eigenvalue weighted by atomic mass is 19.4. The monoisotopic (exact) mass is 486 g/mol. The summed E-state index contributed by atoms with van der Waals surface area (Å²) in [6.07, 6.45) is -3.44. The van der Waals surface area contributed by atoms with Gasteiger partial charge in [0.15, 0.2) is 0 Å². The number of halogens is 6. The second-order valence-electron chi connectivity index (χ2n) is 6.64. The van der Waals surface area contributed by atoms with Gasteiger partial charge in [0.25, 0.3) is 0 Å². The van der Waals surface area contributed by atoms with Crippen LogP contribution in [0.1, 0.15) is 17.7 Å². The van der Waals surface area contributed by atoms with Crippen LogP contribution < -0.4 is 0 Å². The summed E-state index contributed by atoms with van der Waals surface area (Å²) < 4.78 is 68.9. The van der Waals surface area contributed by atoms with Crippen LogP contribution in [0.2, 0.25) is 0 Å². The first-order valence-corrected chi connectivity index (χ1v) is 9.15. The minimum absolute atomic E-state index is 0.147. The van der Waals surface area contributed by atoms with Gasteiger partial charge in [-0.2, -0.15) is 26.3 Å². The molecule has 33 heavy (non-hydrogen) atoms. The molecule has 1 saturated heterocycles. The highest BCUT2D eigenvalue weighted by molar-refractivity contribution is 5.73. The molecule has 0 aromatic carbocycles. The molecule has 184 valence electrons. The molecule has 2 aromatic rings. The van der Waals surface area contributed by atoms with E-state index in [9.17, 15) is 31.4 Å². The van der Waals surface area contributed by atoms with E-state index < -0.39 is 24.3 Å². The van der Waals surface area contributed by atoms with E-state index in [2.05, 4.69) is 16.0 Å². The number of aromatic nitrogens is 1. The van der Waals surface area contributed by atoms with Gasteiger partial charge >= 0.3 is 24.3 Å². The summed E-state index contributed by atoms with van der Waals surface area (Å²) in [7, 11) is 0. The molecule has 3 N–H and O–H groups in total. The normalized spacial score (nSPS) is 18.5. The number of hydrogen-bond donors (Lipinski definition) is 3. The van der Waals surface area contributed by atoms with E-state index in [4.69, 9.17) is 24.2 Å². The molecule has 3 heterocycles. The van der Waals surface area contributed by atoms with Crippen molar-refractivity contribution in [1.82, 2.24) is 9.88 Å². The molecule has 0 unspecified atom stereocenters. The van der Waals surface area contributed by atoms with Crippen LogP contribution in [0, 0.1) is 0 Å². The van der Waals surface area contributed by atoms with Gasteiger partial charge in [-0.1, -0.05) is 6.07 Å². The van der Waals surface area contributed by atoms with Crippen molar-refractivity contribution in [2.75, 3.05) is 6.54 Å². The Hall–Kier alpha value is -3.13. The average molecular weight is 486 g/mol. The average Bonchev–Trinajstić information content (AvgIpc) is 3.34. The molecule has 0 spiro atoms. The Bertz CT molecular complexity index is 834. The Morgan fingerprint density at radius 1 is 1.06 bits per heavy atom. The van der Waals surface area contributed by atoms with Crippen LogP contribution in [-0.4, -0.2) is 68.2 Å². The quantitative estimate of drug-likeness (QED) is 0.564. The van der Waals surface area contributed by atoms with Gasteiger partial charge in [0, 0.05) is 25.0 Å². The number of hydrogen-bond acceptors (Lipinski definition) is 6. The molecule has 1 aliphatic heterocycles. The molecule has 0 saturated carbocycles. The number of rotatable bonds is 4. The van der Waals surface area contributed by atoms with Gasteiger partial charge in [0.2, 0.25) is 0 Å². The van der Waals surface area contributed by atoms with Gasteiger partial charge in [-0.25, -0.2) is 9.59 Å². The predicted octanol–water partition coefficient (Wildman–Crippen LogP) is 3.12. The maximum absolute atomic E-state index is 10.6. The van der Waals surface area contributed by atoms with Crippen molar-refractivity contribution in [3.8, 4) is 0 Å². The van der Waals surface area contributed by atoms with Crippen LogP contribution in [0.3, 0.4) is 0 Å². The molecule has 0 aliphatic carbocycles. The second-order valence-corrected chi connectivity index (χ2v) is 6.64. The smallest absolute Gasteiger partial charge is 0.475 e. The fourth-order valence-corrected chi connectivity index (χ4v) is 2.72. The minimum atomic E-state index is -5.08. The van der Waals surface area contributed by atoms with E-state index in [0.717, 1.165) is 37.3 Å². The summed E-state index contributed by atoms with van der Waals surface area (Å²) in [5, 5.41) is 24.4. The first-order chi connectivity index (χ1) is 15.2. The van der Waals surface area contributed by atoms with E-state index in [0.29, 0.717) is 0 Å². The van der Waals surface area contributed by atoms with Crippen molar-refractivity contribution >= 4 is 11.9 Å². The number of nitrogens with zero attached hydrogens (tertiary/aromatic N) is 2. The Balaban J connectivity index is 0.000000324. The van der Waals surface area contributed by atoms with Crippen LogP contribution in [0.5, 0.6) is 0 Å². The van der Waals surface area contributed by atoms with Gasteiger partial charge in [-0.15, -0.1) is 0 Å². The molecule has 3 rings (SSSR count). The Morgan fingerprint density at radius 2 is 1.64 bits per heavy atom. The number of carboxylic acids is 2. The van der Waals surface area contributed by atoms with Crippen molar-refractivity contribution in [2.24, 2.45) is 0 Å². The fourth-order valence-electron chi connectivity index (χ4n) is 2.72. The van der Waals surface area contributed by atoms with Crippen LogP contribution in [0.15, 0.2) is 47.3 Å². The number of pyridine rings is 1. The van der Waals surface area contributed by atoms with Crippen LogP contribution >= 0.6 is 0 Å². The number of aliphatic hydroxyl groups is 1. The number of furan rings is 1. The van der Waals surface area contributed by atoms with E-state index in [-0.39, 0.29) is 12.1 Å². The predicted molar refractivity (Wildman–Crippen MR) is 98.9 cm³/mol. The largest absolute Gasteiger partial charge is 0.490 e. The summed E-state index contributed by atoms with van der Waals surface area (Å²) in [5.41, 5.74) is 1.16. The van der Waals surface area contributed by atoms with Crippen molar-refractivity contribution in [3.63, 3.8) is 0 Å². The number of likely N-dealkylation sites (tertiary alicyclic amines) is 1. The maximum atomic E-state index is 10.6. The van der Waals surface area contributed by atoms with Gasteiger partial charge < -0.3 is 19.7 Å². The van der Waals surface area contributed by atoms with E-state index >= 15 is 0 Å². The van der Waals surface area contributed by atoms with Crippen molar-refractivity contribution in [1.29, 1.82) is 0 Å². The van der Waals surface area contributed by atoms with Crippen LogP contribution in [-0.2, 0) is 22.6 Å². The lowest BCUT2D eigenvalue weighted by atomic mass is 10.0. The van der Waals surface area contributed by atoms with Crippen LogP contribution in [0.4, 0.5) is 26.3 Å². The summed E-state index contributed by atoms with van der Waals surface area (Å²) in [4.78, 5) is 24.2. The topological polar surface area (TPSA) is 124 Å². The molecule has 1 fully saturated rings. The molecular weight excluding hydrogens is 466 g/mol. The zero-order valence-electron chi connectivity index (χ0n) is 16.8. The SMILES string of the molecule is O=C(O)C(F)(F)F.O=C(O)C(F)(F)F.O[C@@H]1CCN(Cc2ccco2)[C@H]1Cc1cccnc1. The third kappa shape index (κ3) is 10.4. The Labute approximate surface area is 183 Å². The lowest BCUT2D eigenvalue weighted by Crippen LogP contribution is -2.36. The number of alkyl halides is 6. The second kappa shape index (κ2) is 12.2. The summed E-state index contributed by atoms with van der Waals surface area (Å²) in [5.74, 6) is -4.56. The highest BCUT2D eigenvalue weighted by Gasteiger charge is 2.39. The van der Waals surface area contributed by atoms with Crippen molar-refractivity contribution in [2.45, 2.75) is 43.9 Å². The summed E-state index contributed by atoms with van der Waals surface area (Å²) >= 11 is 0. The maximum Gasteiger partial charge on any atom is 0.490 e. The van der Waals surface area contributed by atoms with E-state index in [1.807, 2.05) is 24.4 Å². The lowest BCUT2D eigenvalue weighted by molar-refractivity contribution is -0.193. The molecule has 1 aliphatic rings. The molecule has 0 radical (unpaired) electrons. The van der Waals surface area contributed by atoms with Gasteiger partial charge in [-0.05, 0) is 36.6 Å². The number of aliphatic carboxylic acids is 2.